The van der Waals surface area contributed by atoms with Crippen LogP contribution in [0, 0.1) is 0 Å². The first-order valence-corrected chi connectivity index (χ1v) is 4.62. The summed E-state index contributed by atoms with van der Waals surface area (Å²) in [7, 11) is 0. The molecule has 0 saturated heterocycles. The van der Waals surface area contributed by atoms with E-state index in [9.17, 15) is 0 Å². The Bertz CT molecular complexity index is 299. The van der Waals surface area contributed by atoms with Crippen molar-refractivity contribution in [1.82, 2.24) is 0 Å². The van der Waals surface area contributed by atoms with E-state index in [4.69, 9.17) is 10.8 Å². The Morgan fingerprint density at radius 2 is 2.33 bits per heavy atom. The van der Waals surface area contributed by atoms with Crippen LogP contribution in [0.25, 0.3) is 0 Å². The van der Waals surface area contributed by atoms with E-state index in [1.54, 1.807) is 24.3 Å². The highest BCUT2D eigenvalue weighted by Gasteiger charge is 1.92. The third kappa shape index (κ3) is 2.47. The average Bonchev–Trinajstić information content (AvgIpc) is 2.04. The third-order valence-electron chi connectivity index (χ3n) is 1.28. The number of benzene rings is 1. The first-order chi connectivity index (χ1) is 5.72. The van der Waals surface area contributed by atoms with Crippen molar-refractivity contribution in [2.75, 3.05) is 6.26 Å². The zero-order valence-electron chi connectivity index (χ0n) is 6.69. The van der Waals surface area contributed by atoms with Crippen molar-refractivity contribution in [2.45, 2.75) is 0 Å². The Labute approximate surface area is 75.3 Å². The molecule has 0 aliphatic carbocycles. The van der Waals surface area contributed by atoms with Crippen LogP contribution in [0.3, 0.4) is 0 Å². The van der Waals surface area contributed by atoms with Gasteiger partial charge in [0.15, 0.2) is 5.17 Å². The molecule has 12 heavy (non-hydrogen) atoms. The molecule has 1 aromatic carbocycles. The van der Waals surface area contributed by atoms with Gasteiger partial charge in [-0.15, -0.1) is 0 Å². The molecule has 0 fully saturated rings. The SMILES string of the molecule is CSC(N)=Nc1cccc(O)c1. The largest absolute Gasteiger partial charge is 0.508 e. The molecule has 0 bridgehead atoms. The van der Waals surface area contributed by atoms with E-state index in [2.05, 4.69) is 4.99 Å². The molecule has 0 radical (unpaired) electrons. The molecule has 0 amide bonds. The molecule has 1 rings (SSSR count). The second-order valence-electron chi connectivity index (χ2n) is 2.17. The molecule has 0 spiro atoms. The second kappa shape index (κ2) is 4.01. The fraction of sp³-hybridized carbons (Fsp3) is 0.125. The molecule has 0 atom stereocenters. The summed E-state index contributed by atoms with van der Waals surface area (Å²) in [6.45, 7) is 0. The topological polar surface area (TPSA) is 58.6 Å². The number of thioether (sulfide) groups is 1. The minimum Gasteiger partial charge on any atom is -0.508 e. The fourth-order valence-electron chi connectivity index (χ4n) is 0.735. The molecule has 64 valence electrons. The van der Waals surface area contributed by atoms with Crippen LogP contribution in [0.5, 0.6) is 5.75 Å². The molecule has 0 unspecified atom stereocenters. The van der Waals surface area contributed by atoms with Gasteiger partial charge in [-0.2, -0.15) is 0 Å². The van der Waals surface area contributed by atoms with E-state index in [-0.39, 0.29) is 5.75 Å². The van der Waals surface area contributed by atoms with Gasteiger partial charge in [0.1, 0.15) is 5.75 Å². The van der Waals surface area contributed by atoms with Crippen molar-refractivity contribution in [3.8, 4) is 5.75 Å². The third-order valence-corrected chi connectivity index (χ3v) is 1.79. The van der Waals surface area contributed by atoms with E-state index in [1.165, 1.54) is 11.8 Å². The predicted octanol–water partition coefficient (Wildman–Crippen LogP) is 1.70. The van der Waals surface area contributed by atoms with E-state index >= 15 is 0 Å². The number of hydrogen-bond acceptors (Lipinski definition) is 3. The highest BCUT2D eigenvalue weighted by atomic mass is 32.2. The Morgan fingerprint density at radius 1 is 1.58 bits per heavy atom. The van der Waals surface area contributed by atoms with Crippen LogP contribution < -0.4 is 5.73 Å². The predicted molar refractivity (Wildman–Crippen MR) is 52.9 cm³/mol. The van der Waals surface area contributed by atoms with Crippen molar-refractivity contribution in [1.29, 1.82) is 0 Å². The van der Waals surface area contributed by atoms with Crippen LogP contribution in [-0.2, 0) is 0 Å². The first-order valence-electron chi connectivity index (χ1n) is 3.39. The minimum absolute atomic E-state index is 0.199. The lowest BCUT2D eigenvalue weighted by Gasteiger charge is -1.96. The van der Waals surface area contributed by atoms with Crippen molar-refractivity contribution in [3.05, 3.63) is 24.3 Å². The maximum atomic E-state index is 9.08. The van der Waals surface area contributed by atoms with E-state index in [0.717, 1.165) is 0 Å². The summed E-state index contributed by atoms with van der Waals surface area (Å²) >= 11 is 1.37. The van der Waals surface area contributed by atoms with Crippen LogP contribution in [0.1, 0.15) is 0 Å². The molecule has 0 saturated carbocycles. The van der Waals surface area contributed by atoms with E-state index in [1.807, 2.05) is 6.26 Å². The normalized spacial score (nSPS) is 11.6. The van der Waals surface area contributed by atoms with Crippen LogP contribution in [0.2, 0.25) is 0 Å². The van der Waals surface area contributed by atoms with Gasteiger partial charge in [0.2, 0.25) is 0 Å². The average molecular weight is 182 g/mol. The van der Waals surface area contributed by atoms with Gasteiger partial charge in [-0.1, -0.05) is 17.8 Å². The van der Waals surface area contributed by atoms with Crippen LogP contribution >= 0.6 is 11.8 Å². The summed E-state index contributed by atoms with van der Waals surface area (Å²) < 4.78 is 0. The summed E-state index contributed by atoms with van der Waals surface area (Å²) in [6, 6.07) is 6.65. The number of hydrogen-bond donors (Lipinski definition) is 2. The van der Waals surface area contributed by atoms with Crippen LogP contribution in [0.4, 0.5) is 5.69 Å². The molecule has 4 heteroatoms. The minimum atomic E-state index is 0.199. The van der Waals surface area contributed by atoms with Crippen LogP contribution in [-0.4, -0.2) is 16.5 Å². The lowest BCUT2D eigenvalue weighted by molar-refractivity contribution is 0.475. The van der Waals surface area contributed by atoms with Gasteiger partial charge in [-0.05, 0) is 18.4 Å². The zero-order chi connectivity index (χ0) is 8.97. The summed E-state index contributed by atoms with van der Waals surface area (Å²) in [5.74, 6) is 0.199. The van der Waals surface area contributed by atoms with Crippen molar-refractivity contribution < 1.29 is 5.11 Å². The van der Waals surface area contributed by atoms with Crippen molar-refractivity contribution in [3.63, 3.8) is 0 Å². The molecular formula is C8H10N2OS. The fourth-order valence-corrected chi connectivity index (χ4v) is 0.932. The molecule has 3 nitrogen and oxygen atoms in total. The Balaban J connectivity index is 2.89. The lowest BCUT2D eigenvalue weighted by Crippen LogP contribution is -2.03. The first kappa shape index (κ1) is 8.93. The van der Waals surface area contributed by atoms with E-state index < -0.39 is 0 Å². The molecule has 0 heterocycles. The number of nitrogens with zero attached hydrogens (tertiary/aromatic N) is 1. The summed E-state index contributed by atoms with van der Waals surface area (Å²) in [5, 5.41) is 9.57. The maximum absolute atomic E-state index is 9.08. The summed E-state index contributed by atoms with van der Waals surface area (Å²) in [4.78, 5) is 4.04. The smallest absolute Gasteiger partial charge is 0.158 e. The van der Waals surface area contributed by atoms with Gasteiger partial charge in [0.05, 0.1) is 5.69 Å². The molecule has 0 aliphatic rings. The summed E-state index contributed by atoms with van der Waals surface area (Å²) in [5.41, 5.74) is 6.15. The number of rotatable bonds is 1. The molecule has 0 aliphatic heterocycles. The number of nitrogens with two attached hydrogens (primary N) is 1. The highest BCUT2D eigenvalue weighted by Crippen LogP contribution is 2.18. The second-order valence-corrected chi connectivity index (χ2v) is 3.00. The monoisotopic (exact) mass is 182 g/mol. The zero-order valence-corrected chi connectivity index (χ0v) is 7.51. The van der Waals surface area contributed by atoms with Crippen LogP contribution in [0.15, 0.2) is 29.3 Å². The van der Waals surface area contributed by atoms with Gasteiger partial charge in [0.25, 0.3) is 0 Å². The number of phenols is 1. The van der Waals surface area contributed by atoms with E-state index in [0.29, 0.717) is 10.9 Å². The van der Waals surface area contributed by atoms with Crippen molar-refractivity contribution in [2.24, 2.45) is 10.7 Å². The van der Waals surface area contributed by atoms with Gasteiger partial charge in [-0.3, -0.25) is 0 Å². The number of phenolic OH excluding ortho intramolecular Hbond substituents is 1. The standard InChI is InChI=1S/C8H10N2OS/c1-12-8(9)10-6-3-2-4-7(11)5-6/h2-5,11H,1H3,(H2,9,10). The van der Waals surface area contributed by atoms with Gasteiger partial charge in [-0.25, -0.2) is 4.99 Å². The molecule has 0 aromatic heterocycles. The maximum Gasteiger partial charge on any atom is 0.158 e. The van der Waals surface area contributed by atoms with Gasteiger partial charge in [0, 0.05) is 6.07 Å². The Hall–Kier alpha value is -1.16. The van der Waals surface area contributed by atoms with Gasteiger partial charge < -0.3 is 10.8 Å². The number of aromatic hydroxyl groups is 1. The lowest BCUT2D eigenvalue weighted by atomic mass is 10.3. The number of aliphatic imine (C=N–C) groups is 1. The summed E-state index contributed by atoms with van der Waals surface area (Å²) in [6.07, 6.45) is 1.85. The number of amidine groups is 1. The molecule has 3 N–H and O–H groups in total. The van der Waals surface area contributed by atoms with Gasteiger partial charge >= 0.3 is 0 Å². The Kier molecular flexibility index (Phi) is 2.99. The Morgan fingerprint density at radius 3 is 2.92 bits per heavy atom. The highest BCUT2D eigenvalue weighted by molar-refractivity contribution is 8.13. The quantitative estimate of drug-likeness (QED) is 0.513. The molecule has 1 aromatic rings. The molecular weight excluding hydrogens is 172 g/mol. The van der Waals surface area contributed by atoms with Crippen molar-refractivity contribution >= 4 is 22.6 Å².